The van der Waals surface area contributed by atoms with Crippen LogP contribution in [0.5, 0.6) is 0 Å². The monoisotopic (exact) mass is 197 g/mol. The molecular formula is C9H15N3O2. The summed E-state index contributed by atoms with van der Waals surface area (Å²) in [7, 11) is 0. The van der Waals surface area contributed by atoms with Crippen LogP contribution in [0.2, 0.25) is 0 Å². The van der Waals surface area contributed by atoms with E-state index in [1.165, 1.54) is 0 Å². The molecule has 0 bridgehead atoms. The lowest BCUT2D eigenvalue weighted by atomic mass is 10.3. The van der Waals surface area contributed by atoms with Gasteiger partial charge in [0.2, 0.25) is 0 Å². The van der Waals surface area contributed by atoms with Gasteiger partial charge in [-0.05, 0) is 20.8 Å². The third kappa shape index (κ3) is 2.32. The second kappa shape index (κ2) is 4.23. The van der Waals surface area contributed by atoms with Gasteiger partial charge in [-0.25, -0.2) is 4.98 Å². The molecule has 0 spiro atoms. The van der Waals surface area contributed by atoms with Crippen LogP contribution in [0.25, 0.3) is 0 Å². The SMILES string of the molecule is Cc1nc(C(=O)NC(C)CN)oc1C. The minimum Gasteiger partial charge on any atom is -0.438 e. The largest absolute Gasteiger partial charge is 0.438 e. The lowest BCUT2D eigenvalue weighted by Gasteiger charge is -2.08. The number of rotatable bonds is 3. The van der Waals surface area contributed by atoms with Crippen LogP contribution in [-0.4, -0.2) is 23.5 Å². The molecule has 3 N–H and O–H groups in total. The average molecular weight is 197 g/mol. The first-order valence-corrected chi connectivity index (χ1v) is 4.49. The van der Waals surface area contributed by atoms with Gasteiger partial charge in [-0.15, -0.1) is 0 Å². The highest BCUT2D eigenvalue weighted by Crippen LogP contribution is 2.07. The first kappa shape index (κ1) is 10.7. The van der Waals surface area contributed by atoms with Gasteiger partial charge in [0.05, 0.1) is 5.69 Å². The second-order valence-corrected chi connectivity index (χ2v) is 3.27. The van der Waals surface area contributed by atoms with Crippen molar-refractivity contribution in [1.29, 1.82) is 0 Å². The van der Waals surface area contributed by atoms with Gasteiger partial charge >= 0.3 is 5.91 Å². The highest BCUT2D eigenvalue weighted by Gasteiger charge is 2.15. The summed E-state index contributed by atoms with van der Waals surface area (Å²) in [5, 5.41) is 2.67. The van der Waals surface area contributed by atoms with Gasteiger partial charge in [0.15, 0.2) is 0 Å². The molecule has 78 valence electrons. The molecule has 1 amide bonds. The fraction of sp³-hybridized carbons (Fsp3) is 0.556. The van der Waals surface area contributed by atoms with Crippen molar-refractivity contribution in [3.05, 3.63) is 17.3 Å². The van der Waals surface area contributed by atoms with E-state index < -0.39 is 0 Å². The number of carbonyl (C=O) groups excluding carboxylic acids is 1. The smallest absolute Gasteiger partial charge is 0.307 e. The molecule has 0 saturated carbocycles. The molecule has 0 radical (unpaired) electrons. The fourth-order valence-corrected chi connectivity index (χ4v) is 0.914. The summed E-state index contributed by atoms with van der Waals surface area (Å²) in [6.45, 7) is 5.78. The molecule has 1 aromatic rings. The minimum atomic E-state index is -0.320. The maximum absolute atomic E-state index is 11.5. The Morgan fingerprint density at radius 3 is 2.71 bits per heavy atom. The van der Waals surface area contributed by atoms with Crippen molar-refractivity contribution in [2.75, 3.05) is 6.54 Å². The second-order valence-electron chi connectivity index (χ2n) is 3.27. The molecule has 1 unspecified atom stereocenters. The van der Waals surface area contributed by atoms with E-state index >= 15 is 0 Å². The molecule has 0 saturated heterocycles. The molecular weight excluding hydrogens is 182 g/mol. The van der Waals surface area contributed by atoms with Gasteiger partial charge in [0, 0.05) is 12.6 Å². The average Bonchev–Trinajstić information content (AvgIpc) is 2.47. The molecule has 5 nitrogen and oxygen atoms in total. The van der Waals surface area contributed by atoms with E-state index in [-0.39, 0.29) is 17.8 Å². The van der Waals surface area contributed by atoms with Crippen LogP contribution in [0.3, 0.4) is 0 Å². The fourth-order valence-electron chi connectivity index (χ4n) is 0.914. The Kier molecular flexibility index (Phi) is 3.24. The van der Waals surface area contributed by atoms with Crippen LogP contribution in [0.4, 0.5) is 0 Å². The van der Waals surface area contributed by atoms with Crippen molar-refractivity contribution in [3.63, 3.8) is 0 Å². The van der Waals surface area contributed by atoms with Gasteiger partial charge < -0.3 is 15.5 Å². The predicted molar refractivity (Wildman–Crippen MR) is 52.0 cm³/mol. The Morgan fingerprint density at radius 2 is 2.29 bits per heavy atom. The number of aromatic nitrogens is 1. The third-order valence-corrected chi connectivity index (χ3v) is 1.95. The van der Waals surface area contributed by atoms with Crippen molar-refractivity contribution < 1.29 is 9.21 Å². The van der Waals surface area contributed by atoms with Crippen molar-refractivity contribution in [2.45, 2.75) is 26.8 Å². The molecule has 1 heterocycles. The number of hydrogen-bond acceptors (Lipinski definition) is 4. The van der Waals surface area contributed by atoms with Crippen molar-refractivity contribution in [2.24, 2.45) is 5.73 Å². The number of nitrogens with two attached hydrogens (primary N) is 1. The van der Waals surface area contributed by atoms with E-state index in [2.05, 4.69) is 10.3 Å². The third-order valence-electron chi connectivity index (χ3n) is 1.95. The van der Waals surface area contributed by atoms with E-state index in [1.54, 1.807) is 13.8 Å². The van der Waals surface area contributed by atoms with E-state index in [0.29, 0.717) is 12.3 Å². The molecule has 14 heavy (non-hydrogen) atoms. The van der Waals surface area contributed by atoms with E-state index in [9.17, 15) is 4.79 Å². The van der Waals surface area contributed by atoms with Gasteiger partial charge in [-0.3, -0.25) is 4.79 Å². The lowest BCUT2D eigenvalue weighted by Crippen LogP contribution is -2.37. The molecule has 1 rings (SSSR count). The summed E-state index contributed by atoms with van der Waals surface area (Å²) in [6, 6.07) is -0.0741. The summed E-state index contributed by atoms with van der Waals surface area (Å²) < 4.78 is 5.16. The molecule has 5 heteroatoms. The number of carbonyl (C=O) groups is 1. The Morgan fingerprint density at radius 1 is 1.64 bits per heavy atom. The molecule has 0 aliphatic carbocycles. The number of amides is 1. The molecule has 1 atom stereocenters. The van der Waals surface area contributed by atoms with Crippen LogP contribution < -0.4 is 11.1 Å². The van der Waals surface area contributed by atoms with Crippen LogP contribution in [0.1, 0.15) is 29.1 Å². The summed E-state index contributed by atoms with van der Waals surface area (Å²) in [5.41, 5.74) is 6.10. The highest BCUT2D eigenvalue weighted by atomic mass is 16.4. The Balaban J connectivity index is 2.70. The standard InChI is InChI=1S/C9H15N3O2/c1-5(4-10)11-8(13)9-12-6(2)7(3)14-9/h5H,4,10H2,1-3H3,(H,11,13). The first-order chi connectivity index (χ1) is 6.54. The van der Waals surface area contributed by atoms with Gasteiger partial charge in [-0.1, -0.05) is 0 Å². The van der Waals surface area contributed by atoms with Crippen LogP contribution in [0, 0.1) is 13.8 Å². The number of nitrogens with zero attached hydrogens (tertiary/aromatic N) is 1. The topological polar surface area (TPSA) is 81.2 Å². The van der Waals surface area contributed by atoms with Crippen molar-refractivity contribution in [1.82, 2.24) is 10.3 Å². The molecule has 1 aromatic heterocycles. The summed E-state index contributed by atoms with van der Waals surface area (Å²) in [6.07, 6.45) is 0. The molecule has 0 fully saturated rings. The normalized spacial score (nSPS) is 12.6. The number of hydrogen-bond donors (Lipinski definition) is 2. The Hall–Kier alpha value is -1.36. The minimum absolute atomic E-state index is 0.0741. The van der Waals surface area contributed by atoms with Gasteiger partial charge in [-0.2, -0.15) is 0 Å². The van der Waals surface area contributed by atoms with Crippen LogP contribution >= 0.6 is 0 Å². The molecule has 0 aliphatic rings. The first-order valence-electron chi connectivity index (χ1n) is 4.49. The van der Waals surface area contributed by atoms with E-state index in [4.69, 9.17) is 10.2 Å². The molecule has 0 aromatic carbocycles. The number of nitrogens with one attached hydrogen (secondary N) is 1. The zero-order valence-corrected chi connectivity index (χ0v) is 8.63. The van der Waals surface area contributed by atoms with E-state index in [0.717, 1.165) is 5.69 Å². The number of oxazole rings is 1. The van der Waals surface area contributed by atoms with Crippen molar-refractivity contribution >= 4 is 5.91 Å². The molecule has 0 aliphatic heterocycles. The predicted octanol–water partition coefficient (Wildman–Crippen LogP) is 0.368. The maximum atomic E-state index is 11.5. The van der Waals surface area contributed by atoms with Crippen molar-refractivity contribution in [3.8, 4) is 0 Å². The zero-order valence-electron chi connectivity index (χ0n) is 8.63. The van der Waals surface area contributed by atoms with Gasteiger partial charge in [0.1, 0.15) is 5.76 Å². The quantitative estimate of drug-likeness (QED) is 0.733. The Labute approximate surface area is 82.7 Å². The van der Waals surface area contributed by atoms with E-state index in [1.807, 2.05) is 6.92 Å². The summed E-state index contributed by atoms with van der Waals surface area (Å²) in [4.78, 5) is 15.4. The number of aryl methyl sites for hydroxylation is 2. The van der Waals surface area contributed by atoms with Gasteiger partial charge in [0.25, 0.3) is 5.89 Å². The highest BCUT2D eigenvalue weighted by molar-refractivity contribution is 5.89. The van der Waals surface area contributed by atoms with Crippen LogP contribution in [-0.2, 0) is 0 Å². The summed E-state index contributed by atoms with van der Waals surface area (Å²) in [5.74, 6) is 0.440. The summed E-state index contributed by atoms with van der Waals surface area (Å²) >= 11 is 0. The zero-order chi connectivity index (χ0) is 10.7. The lowest BCUT2D eigenvalue weighted by molar-refractivity contribution is 0.0905. The maximum Gasteiger partial charge on any atom is 0.307 e. The Bertz CT molecular complexity index is 313. The van der Waals surface area contributed by atoms with Crippen LogP contribution in [0.15, 0.2) is 4.42 Å².